The molecule has 2 atom stereocenters. The standard InChI is InChI=1S/C10H18O4/c1-2-3-4-8(9(11)12)10(13)5-6-14-7-10/h8,13H,2-7H2,1H3,(H,11,12). The van der Waals surface area contributed by atoms with Gasteiger partial charge in [0.25, 0.3) is 0 Å². The number of carboxylic acids is 1. The normalized spacial score (nSPS) is 29.0. The lowest BCUT2D eigenvalue weighted by molar-refractivity contribution is -0.152. The minimum atomic E-state index is -1.14. The van der Waals surface area contributed by atoms with E-state index in [4.69, 9.17) is 9.84 Å². The Morgan fingerprint density at radius 1 is 1.64 bits per heavy atom. The fourth-order valence-electron chi connectivity index (χ4n) is 1.88. The fourth-order valence-corrected chi connectivity index (χ4v) is 1.88. The zero-order valence-corrected chi connectivity index (χ0v) is 8.53. The third-order valence-electron chi connectivity index (χ3n) is 2.82. The Hall–Kier alpha value is -0.610. The number of carboxylic acid groups (broad SMARTS) is 1. The maximum Gasteiger partial charge on any atom is 0.309 e. The van der Waals surface area contributed by atoms with Crippen molar-refractivity contribution in [2.45, 2.75) is 38.2 Å². The maximum atomic E-state index is 11.0. The van der Waals surface area contributed by atoms with Gasteiger partial charge in [-0.3, -0.25) is 4.79 Å². The number of aliphatic hydroxyl groups is 1. The second-order valence-electron chi connectivity index (χ2n) is 3.94. The SMILES string of the molecule is CCCCC(C(=O)O)C1(O)CCOC1. The molecular weight excluding hydrogens is 184 g/mol. The highest BCUT2D eigenvalue weighted by Gasteiger charge is 2.44. The van der Waals surface area contributed by atoms with Gasteiger partial charge in [-0.2, -0.15) is 0 Å². The Balaban J connectivity index is 2.61. The number of ether oxygens (including phenoxy) is 1. The van der Waals surface area contributed by atoms with E-state index in [1.807, 2.05) is 6.92 Å². The molecule has 4 heteroatoms. The minimum absolute atomic E-state index is 0.160. The van der Waals surface area contributed by atoms with Crippen molar-refractivity contribution in [2.75, 3.05) is 13.2 Å². The van der Waals surface area contributed by atoms with E-state index in [0.29, 0.717) is 19.4 Å². The highest BCUT2D eigenvalue weighted by atomic mass is 16.5. The van der Waals surface area contributed by atoms with Gasteiger partial charge in [0.05, 0.1) is 12.5 Å². The molecule has 1 aliphatic rings. The summed E-state index contributed by atoms with van der Waals surface area (Å²) in [5.74, 6) is -1.59. The van der Waals surface area contributed by atoms with E-state index in [-0.39, 0.29) is 6.61 Å². The molecule has 4 nitrogen and oxygen atoms in total. The minimum Gasteiger partial charge on any atom is -0.481 e. The summed E-state index contributed by atoms with van der Waals surface area (Å²) in [5.41, 5.74) is -1.14. The zero-order valence-electron chi connectivity index (χ0n) is 8.53. The Bertz CT molecular complexity index is 196. The molecule has 1 heterocycles. The molecule has 0 aromatic carbocycles. The molecular formula is C10H18O4. The van der Waals surface area contributed by atoms with Crippen LogP contribution in [0.4, 0.5) is 0 Å². The summed E-state index contributed by atoms with van der Waals surface area (Å²) in [5, 5.41) is 19.1. The Morgan fingerprint density at radius 2 is 2.36 bits per heavy atom. The van der Waals surface area contributed by atoms with Crippen LogP contribution >= 0.6 is 0 Å². The summed E-state index contributed by atoms with van der Waals surface area (Å²) < 4.78 is 5.06. The number of carbonyl (C=O) groups is 1. The van der Waals surface area contributed by atoms with Crippen molar-refractivity contribution in [3.63, 3.8) is 0 Å². The summed E-state index contributed by atoms with van der Waals surface area (Å²) >= 11 is 0. The van der Waals surface area contributed by atoms with Gasteiger partial charge in [0.15, 0.2) is 0 Å². The van der Waals surface area contributed by atoms with Crippen LogP contribution in [0.25, 0.3) is 0 Å². The predicted octanol–water partition coefficient (Wildman–Crippen LogP) is 1.03. The molecule has 1 fully saturated rings. The monoisotopic (exact) mass is 202 g/mol. The molecule has 2 N–H and O–H groups in total. The predicted molar refractivity (Wildman–Crippen MR) is 51.0 cm³/mol. The number of unbranched alkanes of at least 4 members (excludes halogenated alkanes) is 1. The molecule has 0 aliphatic carbocycles. The van der Waals surface area contributed by atoms with E-state index in [9.17, 15) is 9.90 Å². The number of hydrogen-bond donors (Lipinski definition) is 2. The summed E-state index contributed by atoms with van der Waals surface area (Å²) in [6.07, 6.45) is 2.75. The smallest absolute Gasteiger partial charge is 0.309 e. The first kappa shape index (κ1) is 11.5. The molecule has 0 saturated carbocycles. The van der Waals surface area contributed by atoms with E-state index in [2.05, 4.69) is 0 Å². The lowest BCUT2D eigenvalue weighted by atomic mass is 9.83. The number of rotatable bonds is 5. The van der Waals surface area contributed by atoms with Crippen LogP contribution in [0.3, 0.4) is 0 Å². The van der Waals surface area contributed by atoms with Gasteiger partial charge in [-0.05, 0) is 6.42 Å². The first-order valence-electron chi connectivity index (χ1n) is 5.13. The fraction of sp³-hybridized carbons (Fsp3) is 0.900. The van der Waals surface area contributed by atoms with Crippen molar-refractivity contribution in [2.24, 2.45) is 5.92 Å². The third kappa shape index (κ3) is 2.45. The van der Waals surface area contributed by atoms with Crippen LogP contribution in [0.1, 0.15) is 32.6 Å². The van der Waals surface area contributed by atoms with Gasteiger partial charge in [0.1, 0.15) is 5.60 Å². The van der Waals surface area contributed by atoms with Gasteiger partial charge in [-0.25, -0.2) is 0 Å². The van der Waals surface area contributed by atoms with Crippen molar-refractivity contribution in [1.29, 1.82) is 0 Å². The second kappa shape index (κ2) is 4.75. The van der Waals surface area contributed by atoms with Crippen LogP contribution in [-0.4, -0.2) is 35.0 Å². The van der Waals surface area contributed by atoms with Crippen LogP contribution in [-0.2, 0) is 9.53 Å². The van der Waals surface area contributed by atoms with Crippen LogP contribution < -0.4 is 0 Å². The van der Waals surface area contributed by atoms with Crippen LogP contribution in [0.15, 0.2) is 0 Å². The van der Waals surface area contributed by atoms with Crippen molar-refractivity contribution in [3.8, 4) is 0 Å². The maximum absolute atomic E-state index is 11.0. The highest BCUT2D eigenvalue weighted by molar-refractivity contribution is 5.71. The highest BCUT2D eigenvalue weighted by Crippen LogP contribution is 2.31. The molecule has 1 aliphatic heterocycles. The Labute approximate surface area is 83.9 Å². The van der Waals surface area contributed by atoms with Gasteiger partial charge >= 0.3 is 5.97 Å². The average Bonchev–Trinajstić information content (AvgIpc) is 2.53. The van der Waals surface area contributed by atoms with E-state index < -0.39 is 17.5 Å². The zero-order chi connectivity index (χ0) is 10.6. The van der Waals surface area contributed by atoms with Gasteiger partial charge < -0.3 is 14.9 Å². The van der Waals surface area contributed by atoms with Crippen molar-refractivity contribution in [3.05, 3.63) is 0 Å². The summed E-state index contributed by atoms with van der Waals surface area (Å²) in [6, 6.07) is 0. The summed E-state index contributed by atoms with van der Waals surface area (Å²) in [7, 11) is 0. The first-order chi connectivity index (χ1) is 6.60. The molecule has 0 aromatic rings. The summed E-state index contributed by atoms with van der Waals surface area (Å²) in [6.45, 7) is 2.63. The molecule has 1 rings (SSSR count). The van der Waals surface area contributed by atoms with Crippen molar-refractivity contribution in [1.82, 2.24) is 0 Å². The van der Waals surface area contributed by atoms with E-state index in [0.717, 1.165) is 12.8 Å². The lowest BCUT2D eigenvalue weighted by Gasteiger charge is -2.27. The average molecular weight is 202 g/mol. The quantitative estimate of drug-likeness (QED) is 0.698. The molecule has 82 valence electrons. The molecule has 0 amide bonds. The van der Waals surface area contributed by atoms with Crippen LogP contribution in [0.2, 0.25) is 0 Å². The number of hydrogen-bond acceptors (Lipinski definition) is 3. The van der Waals surface area contributed by atoms with E-state index in [1.54, 1.807) is 0 Å². The molecule has 0 bridgehead atoms. The molecule has 0 aromatic heterocycles. The van der Waals surface area contributed by atoms with E-state index in [1.165, 1.54) is 0 Å². The van der Waals surface area contributed by atoms with Crippen LogP contribution in [0.5, 0.6) is 0 Å². The molecule has 14 heavy (non-hydrogen) atoms. The third-order valence-corrected chi connectivity index (χ3v) is 2.82. The Morgan fingerprint density at radius 3 is 2.79 bits per heavy atom. The molecule has 1 saturated heterocycles. The van der Waals surface area contributed by atoms with Crippen molar-refractivity contribution >= 4 is 5.97 Å². The van der Waals surface area contributed by atoms with E-state index >= 15 is 0 Å². The van der Waals surface area contributed by atoms with Gasteiger partial charge in [0, 0.05) is 13.0 Å². The molecule has 0 radical (unpaired) electrons. The second-order valence-corrected chi connectivity index (χ2v) is 3.94. The largest absolute Gasteiger partial charge is 0.481 e. The van der Waals surface area contributed by atoms with Gasteiger partial charge in [-0.15, -0.1) is 0 Å². The first-order valence-corrected chi connectivity index (χ1v) is 5.13. The topological polar surface area (TPSA) is 66.8 Å². The van der Waals surface area contributed by atoms with Gasteiger partial charge in [-0.1, -0.05) is 19.8 Å². The lowest BCUT2D eigenvalue weighted by Crippen LogP contribution is -2.43. The number of aliphatic carboxylic acids is 1. The van der Waals surface area contributed by atoms with Crippen LogP contribution in [0, 0.1) is 5.92 Å². The summed E-state index contributed by atoms with van der Waals surface area (Å²) in [4.78, 5) is 11.0. The molecule has 0 spiro atoms. The Kier molecular flexibility index (Phi) is 3.89. The van der Waals surface area contributed by atoms with Gasteiger partial charge in [0.2, 0.25) is 0 Å². The molecule has 2 unspecified atom stereocenters. The van der Waals surface area contributed by atoms with Crippen molar-refractivity contribution < 1.29 is 19.7 Å².